The van der Waals surface area contributed by atoms with Crippen molar-refractivity contribution in [1.82, 2.24) is 4.98 Å². The minimum atomic E-state index is 0.0842. The molecule has 20 heavy (non-hydrogen) atoms. The smallest absolute Gasteiger partial charge is 0.261 e. The summed E-state index contributed by atoms with van der Waals surface area (Å²) >= 11 is 1.46. The number of rotatable bonds is 3. The molecule has 0 fully saturated rings. The number of fused-ring (bicyclic) bond motifs is 1. The first kappa shape index (κ1) is 12.7. The van der Waals surface area contributed by atoms with Crippen LogP contribution in [-0.4, -0.2) is 10.8 Å². The molecule has 0 bridgehead atoms. The zero-order chi connectivity index (χ0) is 14.1. The van der Waals surface area contributed by atoms with Crippen LogP contribution >= 0.6 is 11.8 Å². The molecule has 0 atom stereocenters. The lowest BCUT2D eigenvalue weighted by atomic mass is 10.1. The summed E-state index contributed by atoms with van der Waals surface area (Å²) in [6.07, 6.45) is 0. The van der Waals surface area contributed by atoms with E-state index in [0.717, 1.165) is 27.1 Å². The van der Waals surface area contributed by atoms with Gasteiger partial charge in [0.15, 0.2) is 5.58 Å². The molecule has 0 saturated heterocycles. The molecule has 3 N–H and O–H groups in total. The fraction of sp³-hybridized carbons (Fsp3) is 0.0667. The van der Waals surface area contributed by atoms with Gasteiger partial charge in [0.1, 0.15) is 11.4 Å². The van der Waals surface area contributed by atoms with Crippen molar-refractivity contribution in [2.24, 2.45) is 5.73 Å². The lowest BCUT2D eigenvalue weighted by Crippen LogP contribution is -2.12. The maximum Gasteiger partial charge on any atom is 0.261 e. The summed E-state index contributed by atoms with van der Waals surface area (Å²) in [4.78, 5) is 5.44. The summed E-state index contributed by atoms with van der Waals surface area (Å²) in [7, 11) is 0. The second-order valence-electron chi connectivity index (χ2n) is 4.44. The first-order valence-corrected chi connectivity index (χ1v) is 6.93. The van der Waals surface area contributed by atoms with Crippen LogP contribution in [0.2, 0.25) is 0 Å². The first-order chi connectivity index (χ1) is 9.63. The molecular weight excluding hydrogens is 270 g/mol. The molecule has 4 nitrogen and oxygen atoms in total. The highest BCUT2D eigenvalue weighted by atomic mass is 32.2. The van der Waals surface area contributed by atoms with E-state index in [1.54, 1.807) is 0 Å². The monoisotopic (exact) mass is 283 g/mol. The predicted octanol–water partition coefficient (Wildman–Crippen LogP) is 3.57. The van der Waals surface area contributed by atoms with E-state index in [1.807, 2.05) is 49.4 Å². The van der Waals surface area contributed by atoms with E-state index >= 15 is 0 Å². The van der Waals surface area contributed by atoms with E-state index in [2.05, 4.69) is 4.98 Å². The van der Waals surface area contributed by atoms with Gasteiger partial charge in [0, 0.05) is 10.5 Å². The molecule has 1 aromatic heterocycles. The standard InChI is InChI=1S/C15H13N3OS/c1-9-8-10(6-7-11(9)14(16)17)20-15-18-12-4-2-3-5-13(12)19-15/h2-8H,1H3,(H3,16,17). The molecule has 0 amide bonds. The lowest BCUT2D eigenvalue weighted by Gasteiger charge is -2.05. The number of oxazole rings is 1. The Kier molecular flexibility index (Phi) is 3.20. The molecule has 0 radical (unpaired) electrons. The highest BCUT2D eigenvalue weighted by Gasteiger charge is 2.09. The first-order valence-electron chi connectivity index (χ1n) is 6.12. The van der Waals surface area contributed by atoms with Gasteiger partial charge < -0.3 is 10.2 Å². The van der Waals surface area contributed by atoms with Crippen LogP contribution in [0, 0.1) is 12.3 Å². The molecule has 0 aliphatic heterocycles. The third-order valence-electron chi connectivity index (χ3n) is 2.97. The van der Waals surface area contributed by atoms with E-state index in [0.29, 0.717) is 5.22 Å². The van der Waals surface area contributed by atoms with Crippen LogP contribution in [0.4, 0.5) is 0 Å². The summed E-state index contributed by atoms with van der Waals surface area (Å²) < 4.78 is 5.67. The van der Waals surface area contributed by atoms with Gasteiger partial charge in [0.2, 0.25) is 0 Å². The average molecular weight is 283 g/mol. The van der Waals surface area contributed by atoms with Crippen LogP contribution in [0.5, 0.6) is 0 Å². The molecule has 1 heterocycles. The highest BCUT2D eigenvalue weighted by molar-refractivity contribution is 7.99. The van der Waals surface area contributed by atoms with Gasteiger partial charge in [0.05, 0.1) is 0 Å². The Morgan fingerprint density at radius 1 is 1.25 bits per heavy atom. The zero-order valence-corrected chi connectivity index (χ0v) is 11.7. The molecular formula is C15H13N3OS. The second kappa shape index (κ2) is 5.02. The van der Waals surface area contributed by atoms with E-state index < -0.39 is 0 Å². The van der Waals surface area contributed by atoms with E-state index in [-0.39, 0.29) is 5.84 Å². The van der Waals surface area contributed by atoms with Crippen LogP contribution in [-0.2, 0) is 0 Å². The van der Waals surface area contributed by atoms with Crippen LogP contribution in [0.15, 0.2) is 57.0 Å². The average Bonchev–Trinajstić information content (AvgIpc) is 2.80. The normalized spacial score (nSPS) is 10.8. The summed E-state index contributed by atoms with van der Waals surface area (Å²) in [5.41, 5.74) is 8.88. The fourth-order valence-electron chi connectivity index (χ4n) is 2.00. The summed E-state index contributed by atoms with van der Waals surface area (Å²) in [6.45, 7) is 1.94. The maximum atomic E-state index is 7.48. The molecule has 3 rings (SSSR count). The Bertz CT molecular complexity index is 762. The Hall–Kier alpha value is -2.27. The zero-order valence-electron chi connectivity index (χ0n) is 10.9. The van der Waals surface area contributed by atoms with Crippen molar-refractivity contribution in [3.63, 3.8) is 0 Å². The minimum absolute atomic E-state index is 0.0842. The molecule has 5 heteroatoms. The summed E-state index contributed by atoms with van der Waals surface area (Å²) in [5, 5.41) is 8.09. The van der Waals surface area contributed by atoms with Crippen molar-refractivity contribution in [1.29, 1.82) is 5.41 Å². The minimum Gasteiger partial charge on any atom is -0.431 e. The second-order valence-corrected chi connectivity index (χ2v) is 5.46. The number of nitrogens with one attached hydrogen (secondary N) is 1. The van der Waals surface area contributed by atoms with E-state index in [9.17, 15) is 0 Å². The van der Waals surface area contributed by atoms with Crippen LogP contribution < -0.4 is 5.73 Å². The molecule has 100 valence electrons. The number of aryl methyl sites for hydroxylation is 1. The number of benzene rings is 2. The van der Waals surface area contributed by atoms with E-state index in [1.165, 1.54) is 11.8 Å². The van der Waals surface area contributed by atoms with Gasteiger partial charge in [-0.3, -0.25) is 5.41 Å². The van der Waals surface area contributed by atoms with Crippen LogP contribution in [0.3, 0.4) is 0 Å². The number of amidine groups is 1. The Labute approximate surface area is 120 Å². The van der Waals surface area contributed by atoms with Crippen molar-refractivity contribution < 1.29 is 4.42 Å². The van der Waals surface area contributed by atoms with E-state index in [4.69, 9.17) is 15.6 Å². The van der Waals surface area contributed by atoms with Crippen molar-refractivity contribution in [3.05, 3.63) is 53.6 Å². The highest BCUT2D eigenvalue weighted by Crippen LogP contribution is 2.30. The van der Waals surface area contributed by atoms with Crippen molar-refractivity contribution in [2.75, 3.05) is 0 Å². The van der Waals surface area contributed by atoms with Crippen molar-refractivity contribution in [3.8, 4) is 0 Å². The third kappa shape index (κ3) is 2.40. The van der Waals surface area contributed by atoms with Gasteiger partial charge in [-0.1, -0.05) is 12.1 Å². The van der Waals surface area contributed by atoms with Crippen LogP contribution in [0.1, 0.15) is 11.1 Å². The molecule has 2 aromatic carbocycles. The number of nitrogens with two attached hydrogens (primary N) is 1. The van der Waals surface area contributed by atoms with Gasteiger partial charge in [-0.15, -0.1) is 0 Å². The molecule has 0 spiro atoms. The number of nitrogens with zero attached hydrogens (tertiary/aromatic N) is 1. The number of para-hydroxylation sites is 2. The molecule has 0 aliphatic carbocycles. The molecule has 3 aromatic rings. The number of aromatic nitrogens is 1. The largest absolute Gasteiger partial charge is 0.431 e. The van der Waals surface area contributed by atoms with Gasteiger partial charge in [-0.2, -0.15) is 0 Å². The van der Waals surface area contributed by atoms with Gasteiger partial charge in [0.25, 0.3) is 5.22 Å². The fourth-order valence-corrected chi connectivity index (χ4v) is 2.85. The SMILES string of the molecule is Cc1cc(Sc2nc3ccccc3o2)ccc1C(=N)N. The number of nitrogen functional groups attached to an aromatic ring is 1. The lowest BCUT2D eigenvalue weighted by molar-refractivity contribution is 0.489. The molecule has 0 aliphatic rings. The third-order valence-corrected chi connectivity index (χ3v) is 3.81. The maximum absolute atomic E-state index is 7.48. The Balaban J connectivity index is 1.90. The number of hydrogen-bond acceptors (Lipinski definition) is 4. The van der Waals surface area contributed by atoms with Crippen molar-refractivity contribution in [2.45, 2.75) is 17.0 Å². The Morgan fingerprint density at radius 3 is 2.75 bits per heavy atom. The molecule has 0 unspecified atom stereocenters. The summed E-state index contributed by atoms with van der Waals surface area (Å²) in [6, 6.07) is 13.4. The topological polar surface area (TPSA) is 75.9 Å². The Morgan fingerprint density at radius 2 is 2.05 bits per heavy atom. The van der Waals surface area contributed by atoms with Gasteiger partial charge >= 0.3 is 0 Å². The van der Waals surface area contributed by atoms with Crippen LogP contribution in [0.25, 0.3) is 11.1 Å². The van der Waals surface area contributed by atoms with Gasteiger partial charge in [-0.05, 0) is 54.6 Å². The van der Waals surface area contributed by atoms with Gasteiger partial charge in [-0.25, -0.2) is 4.98 Å². The quantitative estimate of drug-likeness (QED) is 0.569. The number of hydrogen-bond donors (Lipinski definition) is 2. The van der Waals surface area contributed by atoms with Crippen molar-refractivity contribution >= 4 is 28.7 Å². The summed E-state index contributed by atoms with van der Waals surface area (Å²) in [5.74, 6) is 0.0842. The predicted molar refractivity (Wildman–Crippen MR) is 80.3 cm³/mol. The molecule has 0 saturated carbocycles.